The zero-order valence-corrected chi connectivity index (χ0v) is 13.4. The molecule has 1 aliphatic carbocycles. The Morgan fingerprint density at radius 3 is 2.91 bits per heavy atom. The maximum absolute atomic E-state index is 12.5. The molecule has 0 bridgehead atoms. The highest BCUT2D eigenvalue weighted by atomic mass is 32.2. The number of anilines is 1. The van der Waals surface area contributed by atoms with Gasteiger partial charge in [0.05, 0.1) is 17.2 Å². The quantitative estimate of drug-likeness (QED) is 0.844. The van der Waals surface area contributed by atoms with Gasteiger partial charge < -0.3 is 4.74 Å². The van der Waals surface area contributed by atoms with E-state index in [9.17, 15) is 13.7 Å². The highest BCUT2D eigenvalue weighted by molar-refractivity contribution is 7.92. The Hall–Kier alpha value is -2.53. The maximum Gasteiger partial charge on any atom is 0.263 e. The zero-order valence-electron chi connectivity index (χ0n) is 12.5. The third kappa shape index (κ3) is 3.14. The van der Waals surface area contributed by atoms with Crippen LogP contribution in [0.1, 0.15) is 36.9 Å². The number of sulfonamides is 1. The van der Waals surface area contributed by atoms with Gasteiger partial charge in [0.2, 0.25) is 0 Å². The molecular weight excluding hydrogens is 316 g/mol. The van der Waals surface area contributed by atoms with Gasteiger partial charge in [0.1, 0.15) is 17.4 Å². The lowest BCUT2D eigenvalue weighted by Crippen LogP contribution is -2.14. The predicted octanol–water partition coefficient (Wildman–Crippen LogP) is 2.36. The number of benzene rings is 1. The summed E-state index contributed by atoms with van der Waals surface area (Å²) in [6.07, 6.45) is 1.97. The topological polar surface area (TPSA) is 108 Å². The number of hydrogen-bond acceptors (Lipinski definition) is 5. The van der Waals surface area contributed by atoms with Crippen LogP contribution < -0.4 is 9.46 Å². The molecule has 1 saturated carbocycles. The standard InChI is InChI=1S/C15H16N4O3S/c1-2-22-11-4-3-5-12(8-11)23(20,21)19-15-13(9-16)14(17-18-15)10-6-7-10/h3-5,8,10H,2,6-7H2,1H3,(H2,17,18,19). The minimum Gasteiger partial charge on any atom is -0.494 e. The Morgan fingerprint density at radius 1 is 1.48 bits per heavy atom. The van der Waals surface area contributed by atoms with Gasteiger partial charge in [-0.1, -0.05) is 6.07 Å². The molecule has 0 aliphatic heterocycles. The first-order valence-electron chi connectivity index (χ1n) is 7.29. The van der Waals surface area contributed by atoms with Crippen LogP contribution in [-0.2, 0) is 10.0 Å². The first-order chi connectivity index (χ1) is 11.0. The fraction of sp³-hybridized carbons (Fsp3) is 0.333. The van der Waals surface area contributed by atoms with Crippen LogP contribution in [0.2, 0.25) is 0 Å². The fourth-order valence-corrected chi connectivity index (χ4v) is 3.34. The van der Waals surface area contributed by atoms with E-state index in [1.165, 1.54) is 12.1 Å². The van der Waals surface area contributed by atoms with E-state index < -0.39 is 10.0 Å². The molecule has 2 N–H and O–H groups in total. The van der Waals surface area contributed by atoms with E-state index in [0.29, 0.717) is 18.1 Å². The molecule has 0 spiro atoms. The third-order valence-corrected chi connectivity index (χ3v) is 4.89. The van der Waals surface area contributed by atoms with Crippen molar-refractivity contribution in [3.63, 3.8) is 0 Å². The summed E-state index contributed by atoms with van der Waals surface area (Å²) in [6, 6.07) is 8.21. The Kier molecular flexibility index (Phi) is 3.96. The molecule has 0 saturated heterocycles. The number of nitrogens with zero attached hydrogens (tertiary/aromatic N) is 2. The summed E-state index contributed by atoms with van der Waals surface area (Å²) < 4.78 is 32.7. The number of hydrogen-bond donors (Lipinski definition) is 2. The average Bonchev–Trinajstić information content (AvgIpc) is 3.29. The third-order valence-electron chi connectivity index (χ3n) is 3.55. The molecule has 1 aliphatic rings. The SMILES string of the molecule is CCOc1cccc(S(=O)(=O)Nc2n[nH]c(C3CC3)c2C#N)c1. The van der Waals surface area contributed by atoms with E-state index in [4.69, 9.17) is 4.74 Å². The van der Waals surface area contributed by atoms with Crippen molar-refractivity contribution in [3.05, 3.63) is 35.5 Å². The number of rotatable bonds is 6. The molecule has 0 amide bonds. The van der Waals surface area contributed by atoms with Gasteiger partial charge in [0.25, 0.3) is 10.0 Å². The lowest BCUT2D eigenvalue weighted by molar-refractivity contribution is 0.339. The highest BCUT2D eigenvalue weighted by Crippen LogP contribution is 2.42. The summed E-state index contributed by atoms with van der Waals surface area (Å²) in [5, 5.41) is 16.0. The Morgan fingerprint density at radius 2 is 2.26 bits per heavy atom. The van der Waals surface area contributed by atoms with Gasteiger partial charge in [-0.2, -0.15) is 10.4 Å². The lowest BCUT2D eigenvalue weighted by Gasteiger charge is -2.08. The second-order valence-corrected chi connectivity index (χ2v) is 6.94. The second-order valence-electron chi connectivity index (χ2n) is 5.26. The van der Waals surface area contributed by atoms with Gasteiger partial charge in [0, 0.05) is 12.0 Å². The van der Waals surface area contributed by atoms with Crippen LogP contribution in [0.25, 0.3) is 0 Å². The van der Waals surface area contributed by atoms with Gasteiger partial charge in [-0.3, -0.25) is 9.82 Å². The van der Waals surface area contributed by atoms with E-state index in [0.717, 1.165) is 12.8 Å². The molecule has 8 heteroatoms. The Balaban J connectivity index is 1.90. The van der Waals surface area contributed by atoms with Crippen LogP contribution >= 0.6 is 0 Å². The summed E-state index contributed by atoms with van der Waals surface area (Å²) in [4.78, 5) is 0.0586. The predicted molar refractivity (Wildman–Crippen MR) is 83.7 cm³/mol. The van der Waals surface area contributed by atoms with Gasteiger partial charge in [0.15, 0.2) is 5.82 Å². The molecule has 3 rings (SSSR count). The van der Waals surface area contributed by atoms with Crippen LogP contribution in [0.5, 0.6) is 5.75 Å². The van der Waals surface area contributed by atoms with Crippen molar-refractivity contribution in [3.8, 4) is 11.8 Å². The van der Waals surface area contributed by atoms with Crippen molar-refractivity contribution in [1.82, 2.24) is 10.2 Å². The van der Waals surface area contributed by atoms with Crippen LogP contribution in [-0.4, -0.2) is 25.2 Å². The lowest BCUT2D eigenvalue weighted by atomic mass is 10.2. The van der Waals surface area contributed by atoms with Crippen molar-refractivity contribution in [2.75, 3.05) is 11.3 Å². The molecular formula is C15H16N4O3S. The fourth-order valence-electron chi connectivity index (χ4n) is 2.29. The van der Waals surface area contributed by atoms with E-state index in [-0.39, 0.29) is 22.2 Å². The van der Waals surface area contributed by atoms with Crippen molar-refractivity contribution in [2.24, 2.45) is 0 Å². The summed E-state index contributed by atoms with van der Waals surface area (Å²) in [7, 11) is -3.84. The van der Waals surface area contributed by atoms with Gasteiger partial charge in [-0.25, -0.2) is 8.42 Å². The van der Waals surface area contributed by atoms with Gasteiger partial charge >= 0.3 is 0 Å². The number of H-pyrrole nitrogens is 1. The van der Waals surface area contributed by atoms with Crippen molar-refractivity contribution in [1.29, 1.82) is 5.26 Å². The van der Waals surface area contributed by atoms with Crippen LogP contribution in [0.15, 0.2) is 29.2 Å². The molecule has 1 aromatic heterocycles. The molecule has 7 nitrogen and oxygen atoms in total. The van der Waals surface area contributed by atoms with E-state index in [1.807, 2.05) is 13.0 Å². The molecule has 1 aromatic carbocycles. The first kappa shape index (κ1) is 15.4. The summed E-state index contributed by atoms with van der Waals surface area (Å²) >= 11 is 0. The smallest absolute Gasteiger partial charge is 0.263 e. The van der Waals surface area contributed by atoms with E-state index >= 15 is 0 Å². The summed E-state index contributed by atoms with van der Waals surface area (Å²) in [6.45, 7) is 2.27. The molecule has 1 fully saturated rings. The molecule has 23 heavy (non-hydrogen) atoms. The minimum absolute atomic E-state index is 0.0382. The molecule has 2 aromatic rings. The van der Waals surface area contributed by atoms with Crippen LogP contribution in [0.4, 0.5) is 5.82 Å². The average molecular weight is 332 g/mol. The van der Waals surface area contributed by atoms with Crippen molar-refractivity contribution in [2.45, 2.75) is 30.6 Å². The van der Waals surface area contributed by atoms with Crippen LogP contribution in [0.3, 0.4) is 0 Å². The monoisotopic (exact) mass is 332 g/mol. The maximum atomic E-state index is 12.5. The van der Waals surface area contributed by atoms with Crippen molar-refractivity contribution < 1.29 is 13.2 Å². The Labute approximate surface area is 134 Å². The molecule has 0 unspecified atom stereocenters. The summed E-state index contributed by atoms with van der Waals surface area (Å²) in [5.74, 6) is 0.782. The number of nitrogens with one attached hydrogen (secondary N) is 2. The number of ether oxygens (including phenoxy) is 1. The van der Waals surface area contributed by atoms with Crippen LogP contribution in [0, 0.1) is 11.3 Å². The van der Waals surface area contributed by atoms with Gasteiger partial charge in [-0.05, 0) is 31.9 Å². The molecule has 120 valence electrons. The molecule has 0 atom stereocenters. The van der Waals surface area contributed by atoms with Crippen molar-refractivity contribution >= 4 is 15.8 Å². The van der Waals surface area contributed by atoms with E-state index in [1.54, 1.807) is 12.1 Å². The molecule has 0 radical (unpaired) electrons. The number of aromatic amines is 1. The zero-order chi connectivity index (χ0) is 16.4. The molecule has 1 heterocycles. The highest BCUT2D eigenvalue weighted by Gasteiger charge is 2.31. The largest absolute Gasteiger partial charge is 0.494 e. The number of nitriles is 1. The van der Waals surface area contributed by atoms with E-state index in [2.05, 4.69) is 14.9 Å². The number of aromatic nitrogens is 2. The second kappa shape index (κ2) is 5.93. The first-order valence-corrected chi connectivity index (χ1v) is 8.77. The summed E-state index contributed by atoms with van der Waals surface area (Å²) in [5.41, 5.74) is 0.963. The normalized spacial score (nSPS) is 14.3. The minimum atomic E-state index is -3.84. The van der Waals surface area contributed by atoms with Gasteiger partial charge in [-0.15, -0.1) is 0 Å². The Bertz CT molecular complexity index is 863.